The molecule has 0 bridgehead atoms. The van der Waals surface area contributed by atoms with E-state index in [0.29, 0.717) is 39.5 Å². The van der Waals surface area contributed by atoms with Crippen molar-refractivity contribution >= 4 is 54.6 Å². The second-order valence-corrected chi connectivity index (χ2v) is 18.0. The van der Waals surface area contributed by atoms with Crippen LogP contribution in [0.15, 0.2) is 149 Å². The van der Waals surface area contributed by atoms with Gasteiger partial charge in [-0.1, -0.05) is 72.3 Å². The van der Waals surface area contributed by atoms with Crippen molar-refractivity contribution in [3.05, 3.63) is 201 Å². The van der Waals surface area contributed by atoms with Crippen LogP contribution in [0.1, 0.15) is 60.4 Å². The number of aryl methyl sites for hydroxylation is 5. The summed E-state index contributed by atoms with van der Waals surface area (Å²) in [4.78, 5) is 13.6. The summed E-state index contributed by atoms with van der Waals surface area (Å²) in [6.45, 7) is 11.0. The number of hydrogen-bond acceptors (Lipinski definition) is 9. The van der Waals surface area contributed by atoms with Crippen LogP contribution in [-0.2, 0) is 20.2 Å². The van der Waals surface area contributed by atoms with Crippen LogP contribution in [0.4, 0.5) is 28.4 Å². The third kappa shape index (κ3) is 10.2. The molecule has 7 rings (SSSR count). The molecule has 0 aliphatic carbocycles. The molecule has 314 valence electrons. The van der Waals surface area contributed by atoms with Crippen molar-refractivity contribution in [3.8, 4) is 11.1 Å². The number of rotatable bonds is 12. The van der Waals surface area contributed by atoms with Crippen LogP contribution < -0.4 is 45.5 Å². The predicted octanol–water partition coefficient (Wildman–Crippen LogP) is 7.78. The zero-order valence-electron chi connectivity index (χ0n) is 36.0. The number of para-hydroxylation sites is 1. The topological polar surface area (TPSA) is 168 Å². The number of carbonyl (C=O) groups is 1. The van der Waals surface area contributed by atoms with E-state index in [1.54, 1.807) is 74.5 Å². The van der Waals surface area contributed by atoms with Gasteiger partial charge in [0.2, 0.25) is 0 Å². The van der Waals surface area contributed by atoms with E-state index in [9.17, 15) is 30.7 Å². The first-order valence-corrected chi connectivity index (χ1v) is 22.5. The Hall–Kier alpha value is -5.70. The molecule has 10 nitrogen and oxygen atoms in total. The molecule has 7 aromatic rings. The Morgan fingerprint density at radius 3 is 1.71 bits per heavy atom. The van der Waals surface area contributed by atoms with Crippen LogP contribution in [0, 0.1) is 47.5 Å². The largest absolute Gasteiger partial charge is 1.00 e. The third-order valence-corrected chi connectivity index (χ3v) is 12.8. The van der Waals surface area contributed by atoms with Crippen LogP contribution in [0.25, 0.3) is 11.1 Å². The number of amides is 1. The van der Waals surface area contributed by atoms with Crippen LogP contribution >= 0.6 is 0 Å². The van der Waals surface area contributed by atoms with Crippen LogP contribution in [0.3, 0.4) is 0 Å². The molecule has 0 aromatic heterocycles. The fourth-order valence-corrected chi connectivity index (χ4v) is 9.76. The molecule has 63 heavy (non-hydrogen) atoms. The van der Waals surface area contributed by atoms with Crippen molar-refractivity contribution in [1.29, 1.82) is 0 Å². The monoisotopic (exact) mass is 885 g/mol. The summed E-state index contributed by atoms with van der Waals surface area (Å²) in [5.74, 6) is -0.189. The van der Waals surface area contributed by atoms with E-state index < -0.39 is 31.0 Å². The minimum absolute atomic E-state index is 0. The van der Waals surface area contributed by atoms with E-state index >= 15 is 0 Å². The average molecular weight is 886 g/mol. The van der Waals surface area contributed by atoms with Gasteiger partial charge in [0.15, 0.2) is 0 Å². The quantitative estimate of drug-likeness (QED) is 0.0481. The minimum Gasteiger partial charge on any atom is -0.744 e. The first-order chi connectivity index (χ1) is 29.4. The molecule has 0 aliphatic heterocycles. The molecule has 0 saturated heterocycles. The summed E-state index contributed by atoms with van der Waals surface area (Å²) in [6.07, 6.45) is 0. The molecule has 0 fully saturated rings. The van der Waals surface area contributed by atoms with Gasteiger partial charge in [-0.25, -0.2) is 16.8 Å². The number of benzene rings is 7. The second-order valence-electron chi connectivity index (χ2n) is 15.3. The molecule has 0 heterocycles. The Morgan fingerprint density at radius 1 is 0.556 bits per heavy atom. The summed E-state index contributed by atoms with van der Waals surface area (Å²) in [7, 11) is -9.87. The maximum absolute atomic E-state index is 14.4. The summed E-state index contributed by atoms with van der Waals surface area (Å²) >= 11 is 0. The van der Waals surface area contributed by atoms with Gasteiger partial charge in [-0.3, -0.25) is 4.79 Å². The van der Waals surface area contributed by atoms with Crippen molar-refractivity contribution in [1.82, 2.24) is 0 Å². The van der Waals surface area contributed by atoms with Gasteiger partial charge in [0.1, 0.15) is 25.1 Å². The van der Waals surface area contributed by atoms with Gasteiger partial charge in [0.05, 0.1) is 44.4 Å². The number of hydrogen-bond donors (Lipinski definition) is 3. The molecule has 0 saturated carbocycles. The van der Waals surface area contributed by atoms with Crippen molar-refractivity contribution in [2.75, 3.05) is 16.0 Å². The van der Waals surface area contributed by atoms with E-state index in [0.717, 1.165) is 39.2 Å². The normalized spacial score (nSPS) is 11.4. The van der Waals surface area contributed by atoms with Crippen LogP contribution in [0.2, 0.25) is 0 Å². The standard InChI is InChI=1S/C50H45N3O7S2.Na/c1-30-25-31(2)47(32(3)26-30)52-43-23-21-37(28-41(43)36-15-9-7-10-16-36)46(40-19-13-14-20-45(40)61(55,56)57)38-22-24-44(42(29-38)50(54)51-39-17-11-8-12-18-39)53-48-33(4)27-34(5)49(35(48)6)62(58,59)60;/h7-29,52H,1-6H3,(H3-,51,53,54,55,56,57,58,59,60);/q;+1/p-1. The Labute approximate surface area is 391 Å². The first-order valence-electron chi connectivity index (χ1n) is 19.7. The maximum atomic E-state index is 14.4. The van der Waals surface area contributed by atoms with E-state index in [2.05, 4.69) is 28.1 Å². The molecular weight excluding hydrogens is 842 g/mol. The van der Waals surface area contributed by atoms with Gasteiger partial charge in [0.25, 0.3) is 5.91 Å². The smallest absolute Gasteiger partial charge is 0.744 e. The number of carbonyl (C=O) groups excluding carboxylic acids is 1. The van der Waals surface area contributed by atoms with Crippen LogP contribution in [0.5, 0.6) is 0 Å². The zero-order valence-corrected chi connectivity index (χ0v) is 39.6. The van der Waals surface area contributed by atoms with Crippen molar-refractivity contribution in [2.45, 2.75) is 51.3 Å². The van der Waals surface area contributed by atoms with Crippen molar-refractivity contribution in [2.24, 2.45) is 0 Å². The summed E-state index contributed by atoms with van der Waals surface area (Å²) in [5.41, 5.74) is 10.0. The Bertz CT molecular complexity index is 3060. The van der Waals surface area contributed by atoms with Gasteiger partial charge in [-0.05, 0) is 142 Å². The van der Waals surface area contributed by atoms with Gasteiger partial charge in [0, 0.05) is 28.7 Å². The van der Waals surface area contributed by atoms with Gasteiger partial charge in [-0.2, -0.15) is 0 Å². The Balaban J connectivity index is 0.00000661. The van der Waals surface area contributed by atoms with E-state index in [1.807, 2.05) is 75.4 Å². The molecule has 13 heteroatoms. The molecule has 1 amide bonds. The van der Waals surface area contributed by atoms with Gasteiger partial charge in [-0.15, -0.1) is 0 Å². The minimum atomic E-state index is -5.01. The first kappa shape index (κ1) is 46.8. The number of nitrogens with one attached hydrogen (secondary N) is 3. The molecular formula is C50H44N3NaO7S2. The third-order valence-electron chi connectivity index (χ3n) is 10.8. The second kappa shape index (κ2) is 19.0. The fourth-order valence-electron chi connectivity index (χ4n) is 8.14. The summed E-state index contributed by atoms with van der Waals surface area (Å²) in [6, 6.07) is 40.9. The van der Waals surface area contributed by atoms with E-state index in [-0.39, 0.29) is 56.8 Å². The molecule has 0 unspecified atom stereocenters. The molecule has 0 spiro atoms. The van der Waals surface area contributed by atoms with Crippen LogP contribution in [-0.4, -0.2) is 31.8 Å². The summed E-state index contributed by atoms with van der Waals surface area (Å²) < 4.78 is 76.1. The van der Waals surface area contributed by atoms with Crippen molar-refractivity contribution in [3.63, 3.8) is 0 Å². The predicted molar refractivity (Wildman–Crippen MR) is 244 cm³/mol. The molecule has 0 atom stereocenters. The zero-order chi connectivity index (χ0) is 44.5. The van der Waals surface area contributed by atoms with Gasteiger partial charge >= 0.3 is 29.6 Å². The fraction of sp³-hybridized carbons (Fsp3) is 0.120. The van der Waals surface area contributed by atoms with E-state index in [1.165, 1.54) is 19.1 Å². The van der Waals surface area contributed by atoms with Gasteiger partial charge < -0.3 is 25.1 Å². The Kier molecular flexibility index (Phi) is 14.1. The SMILES string of the molecule is Cc1cc(C)c(Nc2ccc([C+](c3ccc(Nc4c(C)cc(C)c(S(=O)(=O)[O-])c4C)c(C(=O)Nc4ccccc4)c3)c3ccccc3S(=O)(=O)[O-])cc2-c2ccccc2)c(C)c1.[Na+]. The molecule has 0 aliphatic rings. The van der Waals surface area contributed by atoms with E-state index in [4.69, 9.17) is 0 Å². The molecule has 0 radical (unpaired) electrons. The maximum Gasteiger partial charge on any atom is 1.00 e. The number of anilines is 5. The summed E-state index contributed by atoms with van der Waals surface area (Å²) in [5, 5.41) is 9.81. The van der Waals surface area contributed by atoms with Crippen molar-refractivity contribution < 1.29 is 60.3 Å². The molecule has 3 N–H and O–H groups in total. The Morgan fingerprint density at radius 2 is 1.10 bits per heavy atom. The molecule has 7 aromatic carbocycles. The average Bonchev–Trinajstić information content (AvgIpc) is 3.21.